The van der Waals surface area contributed by atoms with Gasteiger partial charge in [0.25, 0.3) is 0 Å². The predicted molar refractivity (Wildman–Crippen MR) is 57.1 cm³/mol. The second-order valence-electron chi connectivity index (χ2n) is 4.23. The summed E-state index contributed by atoms with van der Waals surface area (Å²) in [6, 6.07) is 0. The number of nitrogens with two attached hydrogens (primary N) is 1. The maximum atomic E-state index is 5.77. The van der Waals surface area contributed by atoms with Crippen LogP contribution in [-0.4, -0.2) is 4.98 Å². The average molecular weight is 196 g/mol. The number of aryl methyl sites for hydroxylation is 1. The van der Waals surface area contributed by atoms with E-state index in [0.29, 0.717) is 5.41 Å². The monoisotopic (exact) mass is 196 g/mol. The van der Waals surface area contributed by atoms with Gasteiger partial charge in [-0.25, -0.2) is 4.98 Å². The van der Waals surface area contributed by atoms with E-state index in [2.05, 4.69) is 18.8 Å². The number of anilines is 1. The van der Waals surface area contributed by atoms with Gasteiger partial charge >= 0.3 is 0 Å². The van der Waals surface area contributed by atoms with E-state index in [1.165, 1.54) is 35.6 Å². The molecule has 0 unspecified atom stereocenters. The van der Waals surface area contributed by atoms with Crippen LogP contribution in [0.2, 0.25) is 0 Å². The largest absolute Gasteiger partial charge is 0.383 e. The van der Waals surface area contributed by atoms with Crippen LogP contribution in [0.4, 0.5) is 5.82 Å². The maximum Gasteiger partial charge on any atom is 0.137 e. The maximum absolute atomic E-state index is 5.77. The van der Waals surface area contributed by atoms with E-state index >= 15 is 0 Å². The summed E-state index contributed by atoms with van der Waals surface area (Å²) in [5, 5.41) is 1.25. The minimum Gasteiger partial charge on any atom is -0.383 e. The molecular weight excluding hydrogens is 180 g/mol. The third-order valence-electron chi connectivity index (χ3n) is 3.06. The minimum absolute atomic E-state index is 0.326. The molecule has 1 saturated carbocycles. The fourth-order valence-corrected chi connectivity index (χ4v) is 3.07. The summed E-state index contributed by atoms with van der Waals surface area (Å²) < 4.78 is 0. The van der Waals surface area contributed by atoms with Crippen LogP contribution >= 0.6 is 11.3 Å². The van der Waals surface area contributed by atoms with Crippen LogP contribution in [0.5, 0.6) is 0 Å². The molecule has 72 valence electrons. The highest BCUT2D eigenvalue weighted by molar-refractivity contribution is 7.12. The Morgan fingerprint density at radius 1 is 1.38 bits per heavy atom. The topological polar surface area (TPSA) is 38.9 Å². The second kappa shape index (κ2) is 2.98. The first-order valence-corrected chi connectivity index (χ1v) is 5.67. The lowest BCUT2D eigenvalue weighted by Crippen LogP contribution is -2.16. The molecule has 0 aromatic carbocycles. The Balaban J connectivity index is 2.34. The van der Waals surface area contributed by atoms with Gasteiger partial charge in [0.05, 0.1) is 0 Å². The molecule has 1 heterocycles. The van der Waals surface area contributed by atoms with Crippen molar-refractivity contribution in [1.29, 1.82) is 0 Å². The molecule has 13 heavy (non-hydrogen) atoms. The van der Waals surface area contributed by atoms with Crippen molar-refractivity contribution in [2.24, 2.45) is 0 Å². The van der Waals surface area contributed by atoms with Gasteiger partial charge in [-0.15, -0.1) is 11.3 Å². The van der Waals surface area contributed by atoms with E-state index < -0.39 is 0 Å². The molecule has 1 aromatic rings. The molecule has 0 bridgehead atoms. The number of nitrogen functional groups attached to an aromatic ring is 1. The van der Waals surface area contributed by atoms with Gasteiger partial charge in [0.1, 0.15) is 10.8 Å². The smallest absolute Gasteiger partial charge is 0.137 e. The lowest BCUT2D eigenvalue weighted by atomic mass is 9.90. The molecule has 2 nitrogen and oxygen atoms in total. The Morgan fingerprint density at radius 3 is 2.46 bits per heavy atom. The van der Waals surface area contributed by atoms with E-state index in [-0.39, 0.29) is 0 Å². The average Bonchev–Trinajstić information content (AvgIpc) is 2.62. The lowest BCUT2D eigenvalue weighted by Gasteiger charge is -2.19. The zero-order valence-corrected chi connectivity index (χ0v) is 9.08. The van der Waals surface area contributed by atoms with Gasteiger partial charge < -0.3 is 5.73 Å². The third-order valence-corrected chi connectivity index (χ3v) is 4.35. The highest BCUT2D eigenvalue weighted by Gasteiger charge is 2.33. The van der Waals surface area contributed by atoms with Crippen molar-refractivity contribution in [3.05, 3.63) is 9.88 Å². The highest BCUT2D eigenvalue weighted by Crippen LogP contribution is 2.42. The first-order valence-electron chi connectivity index (χ1n) is 4.85. The van der Waals surface area contributed by atoms with Crippen molar-refractivity contribution in [1.82, 2.24) is 4.98 Å². The van der Waals surface area contributed by atoms with Crippen molar-refractivity contribution in [3.63, 3.8) is 0 Å². The number of thiazole rings is 1. The van der Waals surface area contributed by atoms with Crippen LogP contribution in [0.25, 0.3) is 0 Å². The summed E-state index contributed by atoms with van der Waals surface area (Å²) in [4.78, 5) is 5.63. The molecule has 1 aliphatic rings. The van der Waals surface area contributed by atoms with Crippen LogP contribution in [0.3, 0.4) is 0 Å². The summed E-state index contributed by atoms with van der Waals surface area (Å²) >= 11 is 1.77. The summed E-state index contributed by atoms with van der Waals surface area (Å²) in [6.07, 6.45) is 5.24. The molecule has 0 saturated heterocycles. The van der Waals surface area contributed by atoms with Crippen molar-refractivity contribution in [2.45, 2.75) is 44.9 Å². The van der Waals surface area contributed by atoms with Crippen molar-refractivity contribution >= 4 is 17.2 Å². The Kier molecular flexibility index (Phi) is 2.06. The number of hydrogen-bond donors (Lipinski definition) is 1. The van der Waals surface area contributed by atoms with E-state index in [9.17, 15) is 0 Å². The van der Waals surface area contributed by atoms with Gasteiger partial charge in [0.15, 0.2) is 0 Å². The van der Waals surface area contributed by atoms with E-state index in [0.717, 1.165) is 5.82 Å². The molecule has 1 fully saturated rings. The molecule has 2 rings (SSSR count). The Hall–Kier alpha value is -0.570. The molecular formula is C10H16N2S. The van der Waals surface area contributed by atoms with Crippen molar-refractivity contribution in [2.75, 3.05) is 5.73 Å². The number of nitrogens with zero attached hydrogens (tertiary/aromatic N) is 1. The first-order chi connectivity index (χ1) is 6.12. The molecule has 3 heteroatoms. The molecule has 2 N–H and O–H groups in total. The van der Waals surface area contributed by atoms with Gasteiger partial charge in [-0.1, -0.05) is 19.8 Å². The molecule has 1 aromatic heterocycles. The minimum atomic E-state index is 0.326. The second-order valence-corrected chi connectivity index (χ2v) is 5.43. The highest BCUT2D eigenvalue weighted by atomic mass is 32.1. The number of aromatic nitrogens is 1. The van der Waals surface area contributed by atoms with Gasteiger partial charge in [0.2, 0.25) is 0 Å². The Labute approximate surface area is 83.2 Å². The van der Waals surface area contributed by atoms with Crippen molar-refractivity contribution < 1.29 is 0 Å². The van der Waals surface area contributed by atoms with Crippen molar-refractivity contribution in [3.8, 4) is 0 Å². The van der Waals surface area contributed by atoms with E-state index in [4.69, 9.17) is 5.73 Å². The zero-order valence-electron chi connectivity index (χ0n) is 8.26. The first kappa shape index (κ1) is 9.00. The molecule has 0 aliphatic heterocycles. The standard InChI is InChI=1S/C10H16N2S/c1-7-8(11)12-9(13-7)10(2)5-3-4-6-10/h3-6,11H2,1-2H3. The quantitative estimate of drug-likeness (QED) is 0.750. The van der Waals surface area contributed by atoms with Gasteiger partial charge in [0, 0.05) is 10.3 Å². The third kappa shape index (κ3) is 1.46. The molecule has 1 aliphatic carbocycles. The zero-order chi connectivity index (χ0) is 9.47. The van der Waals surface area contributed by atoms with Gasteiger partial charge in [-0.2, -0.15) is 0 Å². The van der Waals surface area contributed by atoms with E-state index in [1.807, 2.05) is 0 Å². The number of rotatable bonds is 1. The van der Waals surface area contributed by atoms with Gasteiger partial charge in [-0.05, 0) is 19.8 Å². The van der Waals surface area contributed by atoms with Gasteiger partial charge in [-0.3, -0.25) is 0 Å². The summed E-state index contributed by atoms with van der Waals surface area (Å²) in [5.74, 6) is 0.730. The SMILES string of the molecule is Cc1sc(C2(C)CCCC2)nc1N. The molecule has 0 amide bonds. The molecule has 0 radical (unpaired) electrons. The predicted octanol–water partition coefficient (Wildman–Crippen LogP) is 2.87. The lowest BCUT2D eigenvalue weighted by molar-refractivity contribution is 0.489. The Morgan fingerprint density at radius 2 is 2.00 bits per heavy atom. The summed E-state index contributed by atoms with van der Waals surface area (Å²) in [6.45, 7) is 4.37. The van der Waals surface area contributed by atoms with Crippen LogP contribution in [0.15, 0.2) is 0 Å². The molecule has 0 spiro atoms. The Bertz CT molecular complexity index is 291. The fourth-order valence-electron chi connectivity index (χ4n) is 2.04. The van der Waals surface area contributed by atoms with Crippen LogP contribution in [0.1, 0.15) is 42.5 Å². The fraction of sp³-hybridized carbons (Fsp3) is 0.700. The van der Waals surface area contributed by atoms with Crippen LogP contribution in [-0.2, 0) is 5.41 Å². The normalized spacial score (nSPS) is 20.8. The van der Waals surface area contributed by atoms with E-state index in [1.54, 1.807) is 11.3 Å². The molecule has 0 atom stereocenters. The summed E-state index contributed by atoms with van der Waals surface area (Å²) in [7, 11) is 0. The summed E-state index contributed by atoms with van der Waals surface area (Å²) in [5.41, 5.74) is 6.09. The van der Waals surface area contributed by atoms with Crippen LogP contribution < -0.4 is 5.73 Å². The number of hydrogen-bond acceptors (Lipinski definition) is 3. The van der Waals surface area contributed by atoms with Crippen LogP contribution in [0, 0.1) is 6.92 Å².